The summed E-state index contributed by atoms with van der Waals surface area (Å²) < 4.78 is 0. The predicted octanol–water partition coefficient (Wildman–Crippen LogP) is 3.41. The van der Waals surface area contributed by atoms with E-state index in [0.717, 1.165) is 32.1 Å². The first-order valence-electron chi connectivity index (χ1n) is 11.0. The van der Waals surface area contributed by atoms with E-state index in [0.29, 0.717) is 5.92 Å². The zero-order valence-electron chi connectivity index (χ0n) is 19.1. The molecule has 166 valence electrons. The Balaban J connectivity index is 0.00000420. The van der Waals surface area contributed by atoms with E-state index in [4.69, 9.17) is 4.99 Å². The molecule has 1 heterocycles. The second-order valence-electron chi connectivity index (χ2n) is 8.67. The van der Waals surface area contributed by atoms with Crippen LogP contribution in [0.25, 0.3) is 0 Å². The molecule has 0 spiro atoms. The van der Waals surface area contributed by atoms with E-state index in [-0.39, 0.29) is 29.4 Å². The zero-order chi connectivity index (χ0) is 20.4. The number of nitrogens with zero attached hydrogens (tertiary/aromatic N) is 3. The quantitative estimate of drug-likeness (QED) is 0.301. The lowest BCUT2D eigenvalue weighted by molar-refractivity contribution is 0.124. The van der Waals surface area contributed by atoms with Gasteiger partial charge >= 0.3 is 0 Å². The summed E-state index contributed by atoms with van der Waals surface area (Å²) in [6.45, 7) is 20.9. The Kier molecular flexibility index (Phi) is 12.1. The number of hydrogen-bond acceptors (Lipinski definition) is 3. The number of likely N-dealkylation sites (N-methyl/N-ethyl adjacent to an activating group) is 1. The predicted molar refractivity (Wildman–Crippen MR) is 137 cm³/mol. The van der Waals surface area contributed by atoms with Crippen molar-refractivity contribution >= 4 is 29.9 Å². The Labute approximate surface area is 195 Å². The smallest absolute Gasteiger partial charge is 0.191 e. The van der Waals surface area contributed by atoms with E-state index < -0.39 is 0 Å². The van der Waals surface area contributed by atoms with E-state index in [1.807, 2.05) is 0 Å². The van der Waals surface area contributed by atoms with Crippen LogP contribution in [0.5, 0.6) is 0 Å². The van der Waals surface area contributed by atoms with Crippen LogP contribution in [-0.2, 0) is 5.41 Å². The van der Waals surface area contributed by atoms with Crippen LogP contribution in [-0.4, -0.2) is 74.7 Å². The maximum absolute atomic E-state index is 4.88. The summed E-state index contributed by atoms with van der Waals surface area (Å²) in [5, 5.41) is 6.95. The molecule has 1 aliphatic heterocycles. The molecular weight excluding hydrogens is 473 g/mol. The number of guanidine groups is 1. The third kappa shape index (κ3) is 9.22. The molecule has 0 aliphatic carbocycles. The minimum absolute atomic E-state index is 0. The summed E-state index contributed by atoms with van der Waals surface area (Å²) in [7, 11) is 0. The lowest BCUT2D eigenvalue weighted by atomic mass is 9.85. The van der Waals surface area contributed by atoms with E-state index >= 15 is 0 Å². The van der Waals surface area contributed by atoms with E-state index in [1.165, 1.54) is 38.3 Å². The lowest BCUT2D eigenvalue weighted by Crippen LogP contribution is -2.48. The molecule has 1 aromatic rings. The highest BCUT2D eigenvalue weighted by molar-refractivity contribution is 14.0. The van der Waals surface area contributed by atoms with Crippen molar-refractivity contribution < 1.29 is 0 Å². The molecule has 29 heavy (non-hydrogen) atoms. The summed E-state index contributed by atoms with van der Waals surface area (Å²) in [6.07, 6.45) is 0. The molecule has 2 N–H and O–H groups in total. The molecule has 0 bridgehead atoms. The van der Waals surface area contributed by atoms with Crippen molar-refractivity contribution in [2.45, 2.75) is 40.0 Å². The van der Waals surface area contributed by atoms with Crippen LogP contribution >= 0.6 is 24.0 Å². The Morgan fingerprint density at radius 2 is 1.66 bits per heavy atom. The fourth-order valence-electron chi connectivity index (χ4n) is 3.66. The SMILES string of the molecule is CCNC(=NCC(C)(C)c1ccccc1)NCC(C)CN1CCN(CC)CC1.I. The maximum atomic E-state index is 4.88. The van der Waals surface area contributed by atoms with Gasteiger partial charge in [-0.1, -0.05) is 58.0 Å². The Hall–Kier alpha value is -0.860. The normalized spacial score (nSPS) is 17.5. The Bertz CT molecular complexity index is 582. The monoisotopic (exact) mass is 515 g/mol. The molecule has 1 saturated heterocycles. The van der Waals surface area contributed by atoms with Crippen molar-refractivity contribution in [3.05, 3.63) is 35.9 Å². The second-order valence-corrected chi connectivity index (χ2v) is 8.67. The average Bonchev–Trinajstić information content (AvgIpc) is 2.71. The Morgan fingerprint density at radius 3 is 2.24 bits per heavy atom. The van der Waals surface area contributed by atoms with Crippen molar-refractivity contribution in [3.8, 4) is 0 Å². The van der Waals surface area contributed by atoms with Gasteiger partial charge in [-0.15, -0.1) is 24.0 Å². The lowest BCUT2D eigenvalue weighted by Gasteiger charge is -2.35. The number of rotatable bonds is 9. The number of benzene rings is 1. The number of hydrogen-bond donors (Lipinski definition) is 2. The molecule has 0 aromatic heterocycles. The minimum atomic E-state index is 0. The van der Waals surface area contributed by atoms with Gasteiger partial charge < -0.3 is 20.4 Å². The highest BCUT2D eigenvalue weighted by atomic mass is 127. The molecule has 1 fully saturated rings. The van der Waals surface area contributed by atoms with Gasteiger partial charge in [0.1, 0.15) is 0 Å². The molecule has 1 aliphatic rings. The average molecular weight is 516 g/mol. The highest BCUT2D eigenvalue weighted by Gasteiger charge is 2.20. The fourth-order valence-corrected chi connectivity index (χ4v) is 3.66. The van der Waals surface area contributed by atoms with Crippen LogP contribution in [0.3, 0.4) is 0 Å². The highest BCUT2D eigenvalue weighted by Crippen LogP contribution is 2.22. The first kappa shape index (κ1) is 26.2. The van der Waals surface area contributed by atoms with E-state index in [1.54, 1.807) is 0 Å². The zero-order valence-corrected chi connectivity index (χ0v) is 21.4. The third-order valence-electron chi connectivity index (χ3n) is 5.63. The molecule has 0 radical (unpaired) electrons. The van der Waals surface area contributed by atoms with Crippen LogP contribution in [0.4, 0.5) is 0 Å². The van der Waals surface area contributed by atoms with Gasteiger partial charge in [0, 0.05) is 51.2 Å². The maximum Gasteiger partial charge on any atom is 0.191 e. The van der Waals surface area contributed by atoms with Crippen molar-refractivity contribution in [2.24, 2.45) is 10.9 Å². The molecule has 1 aromatic carbocycles. The first-order chi connectivity index (χ1) is 13.4. The summed E-state index contributed by atoms with van der Waals surface area (Å²) in [5.41, 5.74) is 1.35. The summed E-state index contributed by atoms with van der Waals surface area (Å²) in [4.78, 5) is 10.0. The number of aliphatic imine (C=N–C) groups is 1. The van der Waals surface area contributed by atoms with Crippen molar-refractivity contribution in [1.82, 2.24) is 20.4 Å². The second kappa shape index (κ2) is 13.4. The largest absolute Gasteiger partial charge is 0.357 e. The molecule has 1 unspecified atom stereocenters. The van der Waals surface area contributed by atoms with Crippen LogP contribution in [0.15, 0.2) is 35.3 Å². The van der Waals surface area contributed by atoms with Gasteiger partial charge in [0.2, 0.25) is 0 Å². The summed E-state index contributed by atoms with van der Waals surface area (Å²) in [5.74, 6) is 1.52. The fraction of sp³-hybridized carbons (Fsp3) is 0.696. The summed E-state index contributed by atoms with van der Waals surface area (Å²) in [6, 6.07) is 10.7. The van der Waals surface area contributed by atoms with Gasteiger partial charge in [-0.05, 0) is 24.9 Å². The van der Waals surface area contributed by atoms with Crippen molar-refractivity contribution in [3.63, 3.8) is 0 Å². The number of piperazine rings is 1. The topological polar surface area (TPSA) is 42.9 Å². The van der Waals surface area contributed by atoms with Gasteiger partial charge in [0.25, 0.3) is 0 Å². The minimum Gasteiger partial charge on any atom is -0.357 e. The van der Waals surface area contributed by atoms with Crippen LogP contribution in [0, 0.1) is 5.92 Å². The van der Waals surface area contributed by atoms with Crippen molar-refractivity contribution in [1.29, 1.82) is 0 Å². The van der Waals surface area contributed by atoms with Crippen LogP contribution < -0.4 is 10.6 Å². The molecule has 1 atom stereocenters. The van der Waals surface area contributed by atoms with Gasteiger partial charge in [-0.25, -0.2) is 0 Å². The molecular formula is C23H42IN5. The Morgan fingerprint density at radius 1 is 1.03 bits per heavy atom. The van der Waals surface area contributed by atoms with Gasteiger partial charge in [0.05, 0.1) is 6.54 Å². The van der Waals surface area contributed by atoms with Gasteiger partial charge in [-0.2, -0.15) is 0 Å². The van der Waals surface area contributed by atoms with Crippen LogP contribution in [0.1, 0.15) is 40.2 Å². The van der Waals surface area contributed by atoms with Crippen molar-refractivity contribution in [2.75, 3.05) is 58.9 Å². The number of nitrogens with one attached hydrogen (secondary N) is 2. The van der Waals surface area contributed by atoms with E-state index in [9.17, 15) is 0 Å². The van der Waals surface area contributed by atoms with Crippen LogP contribution in [0.2, 0.25) is 0 Å². The van der Waals surface area contributed by atoms with Gasteiger partial charge in [0.15, 0.2) is 5.96 Å². The van der Waals surface area contributed by atoms with Gasteiger partial charge in [-0.3, -0.25) is 4.99 Å². The van der Waals surface area contributed by atoms with E-state index in [2.05, 4.69) is 85.4 Å². The third-order valence-corrected chi connectivity index (χ3v) is 5.63. The number of halogens is 1. The molecule has 2 rings (SSSR count). The standard InChI is InChI=1S/C23H41N5.HI/c1-6-24-22(26-19-23(4,5)21-11-9-8-10-12-21)25-17-20(3)18-28-15-13-27(7-2)14-16-28;/h8-12,20H,6-7,13-19H2,1-5H3,(H2,24,25,26);1H. The molecule has 0 saturated carbocycles. The first-order valence-corrected chi connectivity index (χ1v) is 11.0. The molecule has 6 heteroatoms. The summed E-state index contributed by atoms with van der Waals surface area (Å²) >= 11 is 0. The molecule has 0 amide bonds. The molecule has 5 nitrogen and oxygen atoms in total.